The van der Waals surface area contributed by atoms with E-state index >= 15 is 0 Å². The molecule has 0 atom stereocenters. The van der Waals surface area contributed by atoms with Gasteiger partial charge in [0.15, 0.2) is 0 Å². The normalized spacial score (nSPS) is 15.2. The zero-order valence-electron chi connectivity index (χ0n) is 12.2. The number of halogens is 1. The standard InChI is InChI=1S/C16H18ClN3O2/c17-14-3-1-2-4-15(14)19-5-7-20(8-6-19)16(21)12-9-13(10-18)22-11-12/h1-4,9,11H,5-8,10,18H2. The van der Waals surface area contributed by atoms with Crippen molar-refractivity contribution in [1.82, 2.24) is 4.90 Å². The largest absolute Gasteiger partial charge is 0.467 e. The van der Waals surface area contributed by atoms with Crippen molar-refractivity contribution in [2.45, 2.75) is 6.54 Å². The first-order valence-electron chi connectivity index (χ1n) is 7.25. The number of piperazine rings is 1. The number of nitrogens with zero attached hydrogens (tertiary/aromatic N) is 2. The first-order valence-corrected chi connectivity index (χ1v) is 7.63. The number of furan rings is 1. The summed E-state index contributed by atoms with van der Waals surface area (Å²) in [6, 6.07) is 9.48. The Labute approximate surface area is 134 Å². The number of amides is 1. The third kappa shape index (κ3) is 2.96. The van der Waals surface area contributed by atoms with Crippen LogP contribution in [0.3, 0.4) is 0 Å². The molecule has 0 unspecified atom stereocenters. The maximum Gasteiger partial charge on any atom is 0.257 e. The van der Waals surface area contributed by atoms with Crippen LogP contribution < -0.4 is 10.6 Å². The molecule has 0 bridgehead atoms. The lowest BCUT2D eigenvalue weighted by Gasteiger charge is -2.36. The lowest BCUT2D eigenvalue weighted by molar-refractivity contribution is 0.0746. The molecule has 2 aromatic rings. The van der Waals surface area contributed by atoms with Crippen LogP contribution in [-0.4, -0.2) is 37.0 Å². The van der Waals surface area contributed by atoms with Crippen molar-refractivity contribution in [3.8, 4) is 0 Å². The van der Waals surface area contributed by atoms with Gasteiger partial charge in [-0.25, -0.2) is 0 Å². The number of nitrogens with two attached hydrogens (primary N) is 1. The Morgan fingerprint density at radius 2 is 1.95 bits per heavy atom. The second-order valence-corrected chi connectivity index (χ2v) is 5.64. The predicted octanol–water partition coefficient (Wildman–Crippen LogP) is 2.35. The summed E-state index contributed by atoms with van der Waals surface area (Å²) >= 11 is 6.22. The van der Waals surface area contributed by atoms with Crippen LogP contribution in [0.25, 0.3) is 0 Å². The molecular weight excluding hydrogens is 302 g/mol. The predicted molar refractivity (Wildman–Crippen MR) is 86.2 cm³/mol. The van der Waals surface area contributed by atoms with Crippen molar-refractivity contribution in [3.05, 3.63) is 52.9 Å². The number of hydrogen-bond acceptors (Lipinski definition) is 4. The van der Waals surface area contributed by atoms with Gasteiger partial charge in [0.2, 0.25) is 0 Å². The van der Waals surface area contributed by atoms with E-state index in [1.54, 1.807) is 6.07 Å². The molecule has 1 saturated heterocycles. The number of benzene rings is 1. The Bertz CT molecular complexity index is 663. The molecule has 2 N–H and O–H groups in total. The van der Waals surface area contributed by atoms with E-state index in [1.807, 2.05) is 29.2 Å². The lowest BCUT2D eigenvalue weighted by atomic mass is 10.2. The highest BCUT2D eigenvalue weighted by molar-refractivity contribution is 6.33. The highest BCUT2D eigenvalue weighted by Crippen LogP contribution is 2.26. The maximum atomic E-state index is 12.4. The average Bonchev–Trinajstić information content (AvgIpc) is 3.04. The van der Waals surface area contributed by atoms with Crippen LogP contribution in [-0.2, 0) is 6.54 Å². The van der Waals surface area contributed by atoms with Crippen LogP contribution in [0.1, 0.15) is 16.1 Å². The molecule has 0 spiro atoms. The monoisotopic (exact) mass is 319 g/mol. The average molecular weight is 320 g/mol. The molecule has 3 rings (SSSR count). The summed E-state index contributed by atoms with van der Waals surface area (Å²) in [5, 5.41) is 0.740. The Kier molecular flexibility index (Phi) is 4.36. The van der Waals surface area contributed by atoms with Gasteiger partial charge in [-0.1, -0.05) is 23.7 Å². The van der Waals surface area contributed by atoms with E-state index < -0.39 is 0 Å². The van der Waals surface area contributed by atoms with E-state index in [2.05, 4.69) is 4.90 Å². The van der Waals surface area contributed by atoms with Crippen LogP contribution in [0.4, 0.5) is 5.69 Å². The van der Waals surface area contributed by atoms with Gasteiger partial charge in [0.05, 0.1) is 22.8 Å². The number of hydrogen-bond donors (Lipinski definition) is 1. The van der Waals surface area contributed by atoms with Gasteiger partial charge >= 0.3 is 0 Å². The number of anilines is 1. The zero-order valence-corrected chi connectivity index (χ0v) is 12.9. The van der Waals surface area contributed by atoms with Gasteiger partial charge in [0.1, 0.15) is 12.0 Å². The molecule has 1 aliphatic rings. The minimum Gasteiger partial charge on any atom is -0.467 e. The van der Waals surface area contributed by atoms with E-state index in [0.717, 1.165) is 23.8 Å². The van der Waals surface area contributed by atoms with E-state index in [1.165, 1.54) is 6.26 Å². The minimum absolute atomic E-state index is 0.0118. The third-order valence-electron chi connectivity index (χ3n) is 3.86. The molecule has 1 fully saturated rings. The third-order valence-corrected chi connectivity index (χ3v) is 4.18. The van der Waals surface area contributed by atoms with Crippen molar-refractivity contribution in [2.75, 3.05) is 31.1 Å². The van der Waals surface area contributed by atoms with Gasteiger partial charge in [-0.3, -0.25) is 4.79 Å². The molecule has 0 radical (unpaired) electrons. The molecule has 1 aromatic heterocycles. The van der Waals surface area contributed by atoms with Crippen molar-refractivity contribution in [2.24, 2.45) is 5.73 Å². The van der Waals surface area contributed by atoms with Crippen molar-refractivity contribution >= 4 is 23.2 Å². The van der Waals surface area contributed by atoms with Gasteiger partial charge in [-0.05, 0) is 18.2 Å². The molecule has 2 heterocycles. The van der Waals surface area contributed by atoms with Crippen LogP contribution in [0, 0.1) is 0 Å². The van der Waals surface area contributed by atoms with Gasteiger partial charge < -0.3 is 20.0 Å². The molecule has 1 aliphatic heterocycles. The second-order valence-electron chi connectivity index (χ2n) is 5.24. The summed E-state index contributed by atoms with van der Waals surface area (Å²) < 4.78 is 5.23. The summed E-state index contributed by atoms with van der Waals surface area (Å²) in [7, 11) is 0. The zero-order chi connectivity index (χ0) is 15.5. The molecule has 1 amide bonds. The number of carbonyl (C=O) groups is 1. The first-order chi connectivity index (χ1) is 10.7. The summed E-state index contributed by atoms with van der Waals surface area (Å²) in [4.78, 5) is 16.5. The quantitative estimate of drug-likeness (QED) is 0.943. The van der Waals surface area contributed by atoms with Gasteiger partial charge in [0, 0.05) is 26.2 Å². The van der Waals surface area contributed by atoms with Crippen LogP contribution >= 0.6 is 11.6 Å². The van der Waals surface area contributed by atoms with Gasteiger partial charge in [-0.2, -0.15) is 0 Å². The fourth-order valence-electron chi connectivity index (χ4n) is 2.64. The van der Waals surface area contributed by atoms with Gasteiger partial charge in [0.25, 0.3) is 5.91 Å². The smallest absolute Gasteiger partial charge is 0.257 e. The Hall–Kier alpha value is -1.98. The molecule has 0 aliphatic carbocycles. The summed E-state index contributed by atoms with van der Waals surface area (Å²) in [6.45, 7) is 3.14. The molecule has 6 heteroatoms. The fraction of sp³-hybridized carbons (Fsp3) is 0.312. The molecule has 0 saturated carbocycles. The van der Waals surface area contributed by atoms with E-state index in [-0.39, 0.29) is 5.91 Å². The number of rotatable bonds is 3. The van der Waals surface area contributed by atoms with Crippen molar-refractivity contribution in [1.29, 1.82) is 0 Å². The summed E-state index contributed by atoms with van der Waals surface area (Å²) in [5.41, 5.74) is 7.08. The van der Waals surface area contributed by atoms with Crippen molar-refractivity contribution in [3.63, 3.8) is 0 Å². The Morgan fingerprint density at radius 1 is 1.23 bits per heavy atom. The highest BCUT2D eigenvalue weighted by atomic mass is 35.5. The lowest BCUT2D eigenvalue weighted by Crippen LogP contribution is -2.48. The Balaban J connectivity index is 1.64. The SMILES string of the molecule is NCc1cc(C(=O)N2CCN(c3ccccc3Cl)CC2)co1. The van der Waals surface area contributed by atoms with E-state index in [9.17, 15) is 4.79 Å². The molecule has 22 heavy (non-hydrogen) atoms. The van der Waals surface area contributed by atoms with Crippen LogP contribution in [0.2, 0.25) is 5.02 Å². The fourth-order valence-corrected chi connectivity index (χ4v) is 2.90. The summed E-state index contributed by atoms with van der Waals surface area (Å²) in [6.07, 6.45) is 1.48. The number of carbonyl (C=O) groups excluding carboxylic acids is 1. The Morgan fingerprint density at radius 3 is 2.59 bits per heavy atom. The number of para-hydroxylation sites is 1. The van der Waals surface area contributed by atoms with Crippen LogP contribution in [0.15, 0.2) is 41.0 Å². The molecule has 1 aromatic carbocycles. The first kappa shape index (κ1) is 14.9. The highest BCUT2D eigenvalue weighted by Gasteiger charge is 2.24. The van der Waals surface area contributed by atoms with Crippen molar-refractivity contribution < 1.29 is 9.21 Å². The van der Waals surface area contributed by atoms with E-state index in [4.69, 9.17) is 21.8 Å². The van der Waals surface area contributed by atoms with Gasteiger partial charge in [-0.15, -0.1) is 0 Å². The molecule has 5 nitrogen and oxygen atoms in total. The van der Waals surface area contributed by atoms with E-state index in [0.29, 0.717) is 31.0 Å². The molecular formula is C16H18ClN3O2. The summed E-state index contributed by atoms with van der Waals surface area (Å²) in [5.74, 6) is 0.611. The molecule has 116 valence electrons. The second kappa shape index (κ2) is 6.42. The van der Waals surface area contributed by atoms with Crippen LogP contribution in [0.5, 0.6) is 0 Å². The maximum absolute atomic E-state index is 12.4. The minimum atomic E-state index is -0.0118. The topological polar surface area (TPSA) is 62.7 Å².